The maximum atomic E-state index is 13.6. The van der Waals surface area contributed by atoms with Gasteiger partial charge in [0.15, 0.2) is 5.82 Å². The molecule has 5 heteroatoms. The van der Waals surface area contributed by atoms with E-state index in [0.717, 1.165) is 11.0 Å². The fourth-order valence-corrected chi connectivity index (χ4v) is 1.74. The average molecular weight is 237 g/mol. The van der Waals surface area contributed by atoms with Gasteiger partial charge in [0.2, 0.25) is 0 Å². The zero-order valence-corrected chi connectivity index (χ0v) is 9.04. The molecule has 1 aliphatic rings. The lowest BCUT2D eigenvalue weighted by molar-refractivity contribution is -0.114. The van der Waals surface area contributed by atoms with Gasteiger partial charge in [-0.15, -0.1) is 0 Å². The molecule has 0 saturated carbocycles. The van der Waals surface area contributed by atoms with Gasteiger partial charge in [0.1, 0.15) is 5.82 Å². The van der Waals surface area contributed by atoms with Crippen LogP contribution >= 0.6 is 0 Å². The fraction of sp³-hybridized carbons (Fsp3) is 0.167. The van der Waals surface area contributed by atoms with E-state index in [1.54, 1.807) is 19.1 Å². The number of allylic oxidation sites excluding steroid dienone is 1. The third kappa shape index (κ3) is 1.73. The Labute approximate surface area is 96.3 Å². The van der Waals surface area contributed by atoms with Crippen molar-refractivity contribution >= 4 is 17.4 Å². The minimum atomic E-state index is -0.899. The first-order valence-electron chi connectivity index (χ1n) is 5.02. The number of fused-ring (bicyclic) bond motifs is 1. The molecule has 1 aromatic rings. The smallest absolute Gasteiger partial charge is 0.298 e. The lowest BCUT2D eigenvalue weighted by Crippen LogP contribution is -2.30. The van der Waals surface area contributed by atoms with Gasteiger partial charge in [0.25, 0.3) is 11.7 Å². The van der Waals surface area contributed by atoms with Crippen molar-refractivity contribution < 1.29 is 18.4 Å². The van der Waals surface area contributed by atoms with Crippen molar-refractivity contribution in [1.82, 2.24) is 0 Å². The molecule has 0 atom stereocenters. The number of nitrogens with zero attached hydrogens (tertiary/aromatic N) is 1. The van der Waals surface area contributed by atoms with Crippen LogP contribution in [-0.4, -0.2) is 18.2 Å². The number of carbonyl (C=O) groups is 2. The van der Waals surface area contributed by atoms with Gasteiger partial charge in [0, 0.05) is 12.6 Å². The second kappa shape index (κ2) is 4.08. The predicted molar refractivity (Wildman–Crippen MR) is 57.9 cm³/mol. The van der Waals surface area contributed by atoms with Crippen LogP contribution < -0.4 is 4.90 Å². The molecule has 1 aromatic carbocycles. The first-order valence-corrected chi connectivity index (χ1v) is 5.02. The van der Waals surface area contributed by atoms with Crippen LogP contribution in [0.1, 0.15) is 17.3 Å². The van der Waals surface area contributed by atoms with Crippen molar-refractivity contribution in [2.45, 2.75) is 6.92 Å². The van der Waals surface area contributed by atoms with E-state index in [1.165, 1.54) is 0 Å². The summed E-state index contributed by atoms with van der Waals surface area (Å²) in [4.78, 5) is 24.1. The van der Waals surface area contributed by atoms with E-state index < -0.39 is 23.3 Å². The summed E-state index contributed by atoms with van der Waals surface area (Å²) in [6.45, 7) is 1.83. The molecular formula is C12H9F2NO2. The second-order valence-electron chi connectivity index (χ2n) is 3.60. The molecule has 0 spiro atoms. The van der Waals surface area contributed by atoms with Crippen LogP contribution in [0, 0.1) is 11.6 Å². The third-order valence-corrected chi connectivity index (χ3v) is 2.51. The van der Waals surface area contributed by atoms with Crippen molar-refractivity contribution in [2.75, 3.05) is 11.4 Å². The quantitative estimate of drug-likeness (QED) is 0.583. The number of anilines is 1. The number of amides is 1. The van der Waals surface area contributed by atoms with Gasteiger partial charge in [0.05, 0.1) is 11.3 Å². The standard InChI is InChI=1S/C12H9F2NO2/c1-2-3-4-15-10-8(11(16)12(15)17)5-7(13)6-9(10)14/h2-3,5-6H,4H2,1H3. The molecule has 0 aromatic heterocycles. The molecule has 0 fully saturated rings. The zero-order chi connectivity index (χ0) is 12.6. The number of hydrogen-bond donors (Lipinski definition) is 0. The van der Waals surface area contributed by atoms with E-state index in [2.05, 4.69) is 0 Å². The minimum Gasteiger partial charge on any atom is -0.298 e. The summed E-state index contributed by atoms with van der Waals surface area (Å²) in [5.41, 5.74) is -0.350. The van der Waals surface area contributed by atoms with Crippen molar-refractivity contribution in [3.63, 3.8) is 0 Å². The molecule has 0 unspecified atom stereocenters. The molecule has 0 aliphatic carbocycles. The summed E-state index contributed by atoms with van der Waals surface area (Å²) >= 11 is 0. The molecule has 1 amide bonds. The van der Waals surface area contributed by atoms with Crippen molar-refractivity contribution in [3.05, 3.63) is 41.5 Å². The average Bonchev–Trinajstić information content (AvgIpc) is 2.51. The Morgan fingerprint density at radius 2 is 2.00 bits per heavy atom. The summed E-state index contributed by atoms with van der Waals surface area (Å²) in [7, 11) is 0. The number of halogens is 2. The Bertz CT molecular complexity index is 538. The maximum Gasteiger partial charge on any atom is 0.299 e. The first kappa shape index (κ1) is 11.4. The van der Waals surface area contributed by atoms with E-state index in [-0.39, 0.29) is 17.8 Å². The van der Waals surface area contributed by atoms with Crippen LogP contribution in [0.3, 0.4) is 0 Å². The molecule has 2 rings (SSSR count). The van der Waals surface area contributed by atoms with Crippen LogP contribution in [0.15, 0.2) is 24.3 Å². The zero-order valence-electron chi connectivity index (χ0n) is 9.04. The Kier molecular flexibility index (Phi) is 2.75. The van der Waals surface area contributed by atoms with Gasteiger partial charge in [-0.3, -0.25) is 14.5 Å². The highest BCUT2D eigenvalue weighted by Gasteiger charge is 2.37. The van der Waals surface area contributed by atoms with Crippen LogP contribution in [0.5, 0.6) is 0 Å². The van der Waals surface area contributed by atoms with Gasteiger partial charge in [-0.25, -0.2) is 8.78 Å². The van der Waals surface area contributed by atoms with E-state index in [4.69, 9.17) is 0 Å². The van der Waals surface area contributed by atoms with Gasteiger partial charge in [-0.2, -0.15) is 0 Å². The summed E-state index contributed by atoms with van der Waals surface area (Å²) in [6, 6.07) is 1.54. The number of carbonyl (C=O) groups excluding carboxylic acids is 2. The van der Waals surface area contributed by atoms with Crippen LogP contribution in [-0.2, 0) is 4.79 Å². The van der Waals surface area contributed by atoms with Crippen LogP contribution in [0.25, 0.3) is 0 Å². The maximum absolute atomic E-state index is 13.6. The summed E-state index contributed by atoms with van der Waals surface area (Å²) in [5, 5.41) is 0. The number of rotatable bonds is 2. The van der Waals surface area contributed by atoms with Gasteiger partial charge < -0.3 is 0 Å². The van der Waals surface area contributed by atoms with Crippen molar-refractivity contribution in [1.29, 1.82) is 0 Å². The van der Waals surface area contributed by atoms with Crippen molar-refractivity contribution in [2.24, 2.45) is 0 Å². The summed E-state index contributed by atoms with van der Waals surface area (Å²) in [6.07, 6.45) is 3.29. The Balaban J connectivity index is 2.56. The van der Waals surface area contributed by atoms with Gasteiger partial charge in [-0.1, -0.05) is 12.2 Å². The highest BCUT2D eigenvalue weighted by Crippen LogP contribution is 2.32. The van der Waals surface area contributed by atoms with Crippen LogP contribution in [0.4, 0.5) is 14.5 Å². The summed E-state index contributed by atoms with van der Waals surface area (Å²) in [5.74, 6) is -3.47. The molecule has 1 heterocycles. The van der Waals surface area contributed by atoms with Gasteiger partial charge in [-0.05, 0) is 13.0 Å². The molecule has 3 nitrogen and oxygen atoms in total. The largest absolute Gasteiger partial charge is 0.299 e. The Morgan fingerprint density at radius 3 is 2.65 bits per heavy atom. The second-order valence-corrected chi connectivity index (χ2v) is 3.60. The fourth-order valence-electron chi connectivity index (χ4n) is 1.74. The summed E-state index contributed by atoms with van der Waals surface area (Å²) < 4.78 is 26.5. The predicted octanol–water partition coefficient (Wildman–Crippen LogP) is 2.07. The SMILES string of the molecule is CC=CCN1C(=O)C(=O)c2cc(F)cc(F)c21. The molecule has 0 saturated heterocycles. The highest BCUT2D eigenvalue weighted by atomic mass is 19.1. The van der Waals surface area contributed by atoms with E-state index in [0.29, 0.717) is 6.07 Å². The van der Waals surface area contributed by atoms with Crippen LogP contribution in [0.2, 0.25) is 0 Å². The Hall–Kier alpha value is -2.04. The number of Topliss-reactive ketones (excluding diaryl/α,β-unsaturated/α-hetero) is 1. The molecule has 0 bridgehead atoms. The molecule has 17 heavy (non-hydrogen) atoms. The van der Waals surface area contributed by atoms with Crippen molar-refractivity contribution in [3.8, 4) is 0 Å². The monoisotopic (exact) mass is 237 g/mol. The van der Waals surface area contributed by atoms with Gasteiger partial charge >= 0.3 is 0 Å². The lowest BCUT2D eigenvalue weighted by Gasteiger charge is -2.14. The molecule has 88 valence electrons. The normalized spacial score (nSPS) is 14.9. The topological polar surface area (TPSA) is 37.4 Å². The molecule has 1 aliphatic heterocycles. The van der Waals surface area contributed by atoms with E-state index in [1.807, 2.05) is 0 Å². The lowest BCUT2D eigenvalue weighted by atomic mass is 10.1. The molecule has 0 radical (unpaired) electrons. The Morgan fingerprint density at radius 1 is 1.29 bits per heavy atom. The molecule has 0 N–H and O–H groups in total. The number of hydrogen-bond acceptors (Lipinski definition) is 2. The third-order valence-electron chi connectivity index (χ3n) is 2.51. The highest BCUT2D eigenvalue weighted by molar-refractivity contribution is 6.52. The molecular weight excluding hydrogens is 228 g/mol. The van der Waals surface area contributed by atoms with E-state index >= 15 is 0 Å². The number of benzene rings is 1. The first-order chi connectivity index (χ1) is 8.06. The van der Waals surface area contributed by atoms with E-state index in [9.17, 15) is 18.4 Å². The number of ketones is 1. The minimum absolute atomic E-state index is 0.0939.